The third-order valence-electron chi connectivity index (χ3n) is 3.55. The largest absolute Gasteiger partial charge is 0.338 e. The van der Waals surface area contributed by atoms with Crippen LogP contribution in [0.25, 0.3) is 0 Å². The van der Waals surface area contributed by atoms with E-state index in [2.05, 4.69) is 28.9 Å². The zero-order valence-electron chi connectivity index (χ0n) is 10.1. The number of nitrogens with two attached hydrogens (primary N) is 1. The van der Waals surface area contributed by atoms with E-state index in [1.807, 2.05) is 0 Å². The van der Waals surface area contributed by atoms with Crippen LogP contribution in [0.2, 0.25) is 0 Å². The third kappa shape index (κ3) is 1.91. The van der Waals surface area contributed by atoms with E-state index < -0.39 is 0 Å². The van der Waals surface area contributed by atoms with E-state index in [9.17, 15) is 0 Å². The predicted octanol–water partition coefficient (Wildman–Crippen LogP) is 1.30. The Labute approximate surface area is 96.0 Å². The maximum Gasteiger partial charge on any atom is 0.266 e. The van der Waals surface area contributed by atoms with Gasteiger partial charge in [-0.05, 0) is 31.3 Å². The van der Waals surface area contributed by atoms with Gasteiger partial charge in [0, 0.05) is 19.6 Å². The molecule has 0 spiro atoms. The molecule has 1 fully saturated rings. The molecule has 0 saturated carbocycles. The lowest BCUT2D eigenvalue weighted by Gasteiger charge is -2.20. The zero-order valence-corrected chi connectivity index (χ0v) is 10.1. The summed E-state index contributed by atoms with van der Waals surface area (Å²) in [5.41, 5.74) is 5.58. The van der Waals surface area contributed by atoms with E-state index in [-0.39, 0.29) is 5.41 Å². The van der Waals surface area contributed by atoms with Crippen molar-refractivity contribution < 1.29 is 4.52 Å². The number of rotatable bonds is 4. The fourth-order valence-corrected chi connectivity index (χ4v) is 1.89. The summed E-state index contributed by atoms with van der Waals surface area (Å²) in [4.78, 5) is 6.64. The fraction of sp³-hybridized carbons (Fsp3) is 0.818. The minimum absolute atomic E-state index is 0.190. The molecule has 2 N–H and O–H groups in total. The minimum atomic E-state index is -0.190. The quantitative estimate of drug-likeness (QED) is 0.834. The SMILES string of the molecule is CCC(C)(CN)c1nc(N2CCCC2)no1. The highest BCUT2D eigenvalue weighted by Gasteiger charge is 2.30. The van der Waals surface area contributed by atoms with Crippen LogP contribution < -0.4 is 10.6 Å². The number of aromatic nitrogens is 2. The summed E-state index contributed by atoms with van der Waals surface area (Å²) in [5, 5.41) is 4.04. The van der Waals surface area contributed by atoms with Crippen LogP contribution in [-0.2, 0) is 5.41 Å². The second-order valence-corrected chi connectivity index (χ2v) is 4.71. The molecule has 90 valence electrons. The third-order valence-corrected chi connectivity index (χ3v) is 3.55. The summed E-state index contributed by atoms with van der Waals surface area (Å²) >= 11 is 0. The first-order valence-corrected chi connectivity index (χ1v) is 5.99. The van der Waals surface area contributed by atoms with E-state index in [0.717, 1.165) is 25.5 Å². The molecule has 1 aliphatic rings. The Morgan fingerprint density at radius 3 is 2.69 bits per heavy atom. The normalized spacial score (nSPS) is 20.1. The van der Waals surface area contributed by atoms with Gasteiger partial charge < -0.3 is 15.2 Å². The van der Waals surface area contributed by atoms with Gasteiger partial charge in [0.2, 0.25) is 5.89 Å². The van der Waals surface area contributed by atoms with Crippen LogP contribution in [0.5, 0.6) is 0 Å². The molecule has 0 bridgehead atoms. The summed E-state index contributed by atoms with van der Waals surface area (Å²) < 4.78 is 5.34. The predicted molar refractivity (Wildman–Crippen MR) is 62.4 cm³/mol. The van der Waals surface area contributed by atoms with Crippen LogP contribution in [0.3, 0.4) is 0 Å². The topological polar surface area (TPSA) is 68.2 Å². The van der Waals surface area contributed by atoms with Gasteiger partial charge in [-0.15, -0.1) is 0 Å². The molecule has 5 heteroatoms. The van der Waals surface area contributed by atoms with Gasteiger partial charge in [0.15, 0.2) is 0 Å². The van der Waals surface area contributed by atoms with Crippen molar-refractivity contribution in [3.8, 4) is 0 Å². The van der Waals surface area contributed by atoms with Gasteiger partial charge >= 0.3 is 0 Å². The standard InChI is InChI=1S/C11H20N4O/c1-3-11(2,8-12)9-13-10(14-16-9)15-6-4-5-7-15/h3-8,12H2,1-2H3. The Kier molecular flexibility index (Phi) is 3.14. The van der Waals surface area contributed by atoms with Crippen LogP contribution in [0.4, 0.5) is 5.95 Å². The van der Waals surface area contributed by atoms with Gasteiger partial charge in [-0.2, -0.15) is 4.98 Å². The van der Waals surface area contributed by atoms with Gasteiger partial charge in [0.25, 0.3) is 5.95 Å². The van der Waals surface area contributed by atoms with Crippen molar-refractivity contribution in [1.29, 1.82) is 0 Å². The van der Waals surface area contributed by atoms with Crippen molar-refractivity contribution in [3.05, 3.63) is 5.89 Å². The van der Waals surface area contributed by atoms with Crippen molar-refractivity contribution >= 4 is 5.95 Å². The van der Waals surface area contributed by atoms with E-state index in [1.54, 1.807) is 0 Å². The molecule has 2 heterocycles. The fourth-order valence-electron chi connectivity index (χ4n) is 1.89. The minimum Gasteiger partial charge on any atom is -0.338 e. The average molecular weight is 224 g/mol. The molecule has 0 amide bonds. The smallest absolute Gasteiger partial charge is 0.266 e. The van der Waals surface area contributed by atoms with E-state index in [0.29, 0.717) is 12.4 Å². The first-order chi connectivity index (χ1) is 7.69. The van der Waals surface area contributed by atoms with Crippen molar-refractivity contribution in [2.45, 2.75) is 38.5 Å². The molecule has 0 aromatic carbocycles. The molecule has 1 atom stereocenters. The molecular weight excluding hydrogens is 204 g/mol. The van der Waals surface area contributed by atoms with Gasteiger partial charge in [-0.1, -0.05) is 6.92 Å². The molecule has 16 heavy (non-hydrogen) atoms. The molecule has 1 unspecified atom stereocenters. The molecule has 1 saturated heterocycles. The maximum absolute atomic E-state index is 5.77. The van der Waals surface area contributed by atoms with Crippen LogP contribution in [0.1, 0.15) is 39.0 Å². The summed E-state index contributed by atoms with van der Waals surface area (Å²) in [6.45, 7) is 6.75. The van der Waals surface area contributed by atoms with E-state index in [1.165, 1.54) is 12.8 Å². The number of hydrogen-bond donors (Lipinski definition) is 1. The second-order valence-electron chi connectivity index (χ2n) is 4.71. The summed E-state index contributed by atoms with van der Waals surface area (Å²) in [6.07, 6.45) is 3.34. The molecule has 1 aromatic rings. The van der Waals surface area contributed by atoms with Crippen LogP contribution in [0, 0.1) is 0 Å². The molecule has 2 rings (SSSR count). The highest BCUT2D eigenvalue weighted by Crippen LogP contribution is 2.27. The monoisotopic (exact) mass is 224 g/mol. The Balaban J connectivity index is 2.17. The summed E-state index contributed by atoms with van der Waals surface area (Å²) in [6, 6.07) is 0. The molecule has 1 aromatic heterocycles. The second kappa shape index (κ2) is 4.41. The van der Waals surface area contributed by atoms with Gasteiger partial charge in [0.1, 0.15) is 0 Å². The van der Waals surface area contributed by atoms with Gasteiger partial charge in [0.05, 0.1) is 5.41 Å². The molecule has 0 radical (unpaired) electrons. The van der Waals surface area contributed by atoms with Crippen LogP contribution in [0.15, 0.2) is 4.52 Å². The Morgan fingerprint density at radius 1 is 1.44 bits per heavy atom. The number of nitrogens with zero attached hydrogens (tertiary/aromatic N) is 3. The summed E-state index contributed by atoms with van der Waals surface area (Å²) in [5.74, 6) is 1.39. The first-order valence-electron chi connectivity index (χ1n) is 5.99. The lowest BCUT2D eigenvalue weighted by atomic mass is 9.88. The van der Waals surface area contributed by atoms with Crippen LogP contribution in [-0.4, -0.2) is 29.8 Å². The van der Waals surface area contributed by atoms with Crippen molar-refractivity contribution in [2.75, 3.05) is 24.5 Å². The Bertz CT molecular complexity index is 340. The van der Waals surface area contributed by atoms with Crippen molar-refractivity contribution in [1.82, 2.24) is 10.1 Å². The highest BCUT2D eigenvalue weighted by atomic mass is 16.5. The number of hydrogen-bond acceptors (Lipinski definition) is 5. The zero-order chi connectivity index (χ0) is 11.6. The highest BCUT2D eigenvalue weighted by molar-refractivity contribution is 5.30. The van der Waals surface area contributed by atoms with Crippen molar-refractivity contribution in [2.24, 2.45) is 5.73 Å². The maximum atomic E-state index is 5.77. The number of anilines is 1. The van der Waals surface area contributed by atoms with Crippen molar-refractivity contribution in [3.63, 3.8) is 0 Å². The van der Waals surface area contributed by atoms with Gasteiger partial charge in [-0.25, -0.2) is 0 Å². The first kappa shape index (κ1) is 11.4. The molecule has 0 aliphatic carbocycles. The summed E-state index contributed by atoms with van der Waals surface area (Å²) in [7, 11) is 0. The lowest BCUT2D eigenvalue weighted by Crippen LogP contribution is -2.31. The van der Waals surface area contributed by atoms with Crippen LogP contribution >= 0.6 is 0 Å². The van der Waals surface area contributed by atoms with E-state index in [4.69, 9.17) is 10.3 Å². The van der Waals surface area contributed by atoms with Gasteiger partial charge in [-0.3, -0.25) is 0 Å². The average Bonchev–Trinajstić information content (AvgIpc) is 2.97. The molecular formula is C11H20N4O. The molecule has 5 nitrogen and oxygen atoms in total. The Hall–Kier alpha value is -1.10. The lowest BCUT2D eigenvalue weighted by molar-refractivity contribution is 0.290. The van der Waals surface area contributed by atoms with E-state index >= 15 is 0 Å². The Morgan fingerprint density at radius 2 is 2.12 bits per heavy atom. The molecule has 1 aliphatic heterocycles.